The highest BCUT2D eigenvalue weighted by atomic mass is 32.2. The van der Waals surface area contributed by atoms with Gasteiger partial charge in [0.2, 0.25) is 0 Å². The summed E-state index contributed by atoms with van der Waals surface area (Å²) in [7, 11) is 0. The predicted molar refractivity (Wildman–Crippen MR) is 65.0 cm³/mol. The first-order valence-electron chi connectivity index (χ1n) is 5.32. The maximum atomic E-state index is 5.74. The van der Waals surface area contributed by atoms with Gasteiger partial charge in [0.25, 0.3) is 0 Å². The molecule has 1 aromatic rings. The summed E-state index contributed by atoms with van der Waals surface area (Å²) in [5.74, 6) is 1.58. The van der Waals surface area contributed by atoms with Crippen LogP contribution in [0.3, 0.4) is 0 Å². The van der Waals surface area contributed by atoms with Gasteiger partial charge in [0, 0.05) is 10.6 Å². The number of aryl methyl sites for hydroxylation is 1. The Morgan fingerprint density at radius 3 is 3.00 bits per heavy atom. The molecule has 0 radical (unpaired) electrons. The van der Waals surface area contributed by atoms with Crippen LogP contribution in [-0.4, -0.2) is 12.5 Å². The minimum atomic E-state index is 0.737. The van der Waals surface area contributed by atoms with E-state index in [9.17, 15) is 0 Å². The van der Waals surface area contributed by atoms with Crippen molar-refractivity contribution in [2.75, 3.05) is 18.3 Å². The molecule has 2 nitrogen and oxygen atoms in total. The zero-order chi connectivity index (χ0) is 10.7. The molecule has 1 aliphatic carbocycles. The van der Waals surface area contributed by atoms with Crippen molar-refractivity contribution in [2.45, 2.75) is 24.7 Å². The average molecular weight is 223 g/mol. The van der Waals surface area contributed by atoms with Gasteiger partial charge in [0.15, 0.2) is 0 Å². The molecular weight excluding hydrogens is 206 g/mol. The fraction of sp³-hybridized carbons (Fsp3) is 0.500. The van der Waals surface area contributed by atoms with E-state index in [0.29, 0.717) is 0 Å². The number of hydrogen-bond donors (Lipinski definition) is 1. The molecule has 0 heterocycles. The van der Waals surface area contributed by atoms with E-state index in [0.717, 1.165) is 24.2 Å². The van der Waals surface area contributed by atoms with Crippen LogP contribution in [-0.2, 0) is 4.74 Å². The van der Waals surface area contributed by atoms with Crippen LogP contribution in [0.4, 0.5) is 5.69 Å². The van der Waals surface area contributed by atoms with Crippen LogP contribution < -0.4 is 5.73 Å². The summed E-state index contributed by atoms with van der Waals surface area (Å²) in [6.45, 7) is 3.02. The first kappa shape index (κ1) is 10.8. The van der Waals surface area contributed by atoms with Crippen molar-refractivity contribution in [1.82, 2.24) is 0 Å². The zero-order valence-corrected chi connectivity index (χ0v) is 9.85. The second-order valence-corrected chi connectivity index (χ2v) is 5.07. The Morgan fingerprint density at radius 1 is 1.47 bits per heavy atom. The lowest BCUT2D eigenvalue weighted by molar-refractivity contribution is 0.171. The van der Waals surface area contributed by atoms with Gasteiger partial charge in [0.05, 0.1) is 12.5 Å². The molecule has 3 heteroatoms. The molecule has 0 atom stereocenters. The number of thioether (sulfide) groups is 1. The maximum Gasteiger partial charge on any atom is 0.0967 e. The zero-order valence-electron chi connectivity index (χ0n) is 9.03. The molecule has 1 saturated carbocycles. The first-order valence-corrected chi connectivity index (χ1v) is 6.31. The van der Waals surface area contributed by atoms with Crippen molar-refractivity contribution in [3.63, 3.8) is 0 Å². The Bertz CT molecular complexity index is 336. The molecule has 15 heavy (non-hydrogen) atoms. The van der Waals surface area contributed by atoms with E-state index in [-0.39, 0.29) is 0 Å². The van der Waals surface area contributed by atoms with E-state index in [4.69, 9.17) is 10.5 Å². The summed E-state index contributed by atoms with van der Waals surface area (Å²) < 4.78 is 5.58. The van der Waals surface area contributed by atoms with Crippen molar-refractivity contribution in [3.8, 4) is 0 Å². The van der Waals surface area contributed by atoms with E-state index in [1.54, 1.807) is 11.8 Å². The number of anilines is 1. The van der Waals surface area contributed by atoms with Gasteiger partial charge in [0.1, 0.15) is 0 Å². The third-order valence-corrected chi connectivity index (χ3v) is 3.60. The molecule has 2 N–H and O–H groups in total. The minimum Gasteiger partial charge on any atom is -0.399 e. The summed E-state index contributed by atoms with van der Waals surface area (Å²) in [5, 5.41) is 0. The monoisotopic (exact) mass is 223 g/mol. The molecule has 0 saturated heterocycles. The Hall–Kier alpha value is -0.670. The molecule has 0 aromatic heterocycles. The third-order valence-electron chi connectivity index (χ3n) is 2.56. The van der Waals surface area contributed by atoms with Crippen molar-refractivity contribution < 1.29 is 4.74 Å². The van der Waals surface area contributed by atoms with Gasteiger partial charge in [-0.05, 0) is 43.4 Å². The number of hydrogen-bond acceptors (Lipinski definition) is 3. The highest BCUT2D eigenvalue weighted by Gasteiger charge is 2.20. The summed E-state index contributed by atoms with van der Waals surface area (Å²) in [4.78, 5) is 1.23. The minimum absolute atomic E-state index is 0.737. The molecule has 0 unspecified atom stereocenters. The molecule has 1 aliphatic rings. The van der Waals surface area contributed by atoms with Gasteiger partial charge in [-0.1, -0.05) is 17.8 Å². The molecule has 2 rings (SSSR count). The molecule has 0 aliphatic heterocycles. The topological polar surface area (TPSA) is 35.2 Å². The van der Waals surface area contributed by atoms with Crippen LogP contribution in [0.2, 0.25) is 0 Å². The van der Waals surface area contributed by atoms with Gasteiger partial charge in [-0.2, -0.15) is 0 Å². The standard InChI is InChI=1S/C12H17NOS/c1-9-2-5-11(13)6-12(9)15-8-14-7-10-3-4-10/h2,5-6,10H,3-4,7-8,13H2,1H3. The van der Waals surface area contributed by atoms with Gasteiger partial charge < -0.3 is 10.5 Å². The first-order chi connectivity index (χ1) is 7.25. The van der Waals surface area contributed by atoms with Gasteiger partial charge >= 0.3 is 0 Å². The van der Waals surface area contributed by atoms with E-state index in [1.165, 1.54) is 23.3 Å². The molecule has 0 amide bonds. The van der Waals surface area contributed by atoms with Crippen LogP contribution >= 0.6 is 11.8 Å². The van der Waals surface area contributed by atoms with Crippen LogP contribution in [0, 0.1) is 12.8 Å². The van der Waals surface area contributed by atoms with Gasteiger partial charge in [-0.15, -0.1) is 0 Å². The van der Waals surface area contributed by atoms with E-state index in [2.05, 4.69) is 13.0 Å². The third kappa shape index (κ3) is 3.43. The summed E-state index contributed by atoms with van der Waals surface area (Å²) in [5.41, 5.74) is 7.83. The Morgan fingerprint density at radius 2 is 2.27 bits per heavy atom. The molecule has 82 valence electrons. The average Bonchev–Trinajstić information content (AvgIpc) is 3.01. The molecule has 0 bridgehead atoms. The predicted octanol–water partition coefficient (Wildman–Crippen LogP) is 3.05. The highest BCUT2D eigenvalue weighted by molar-refractivity contribution is 7.99. The summed E-state index contributed by atoms with van der Waals surface area (Å²) in [6.07, 6.45) is 2.70. The van der Waals surface area contributed by atoms with E-state index >= 15 is 0 Å². The van der Waals surface area contributed by atoms with Crippen LogP contribution in [0.1, 0.15) is 18.4 Å². The number of nitrogen functional groups attached to an aromatic ring is 1. The fourth-order valence-electron chi connectivity index (χ4n) is 1.38. The maximum absolute atomic E-state index is 5.74. The normalized spacial score (nSPS) is 15.5. The lowest BCUT2D eigenvalue weighted by Gasteiger charge is -2.07. The Balaban J connectivity index is 1.78. The lowest BCUT2D eigenvalue weighted by Crippen LogP contribution is -1.96. The second kappa shape index (κ2) is 4.90. The lowest BCUT2D eigenvalue weighted by atomic mass is 10.2. The molecular formula is C12H17NOS. The Kier molecular flexibility index (Phi) is 3.54. The van der Waals surface area contributed by atoms with Crippen LogP contribution in [0.15, 0.2) is 23.1 Å². The number of benzene rings is 1. The van der Waals surface area contributed by atoms with Gasteiger partial charge in [-0.3, -0.25) is 0 Å². The van der Waals surface area contributed by atoms with Gasteiger partial charge in [-0.25, -0.2) is 0 Å². The van der Waals surface area contributed by atoms with Crippen molar-refractivity contribution in [3.05, 3.63) is 23.8 Å². The SMILES string of the molecule is Cc1ccc(N)cc1SCOCC1CC1. The van der Waals surface area contributed by atoms with E-state index < -0.39 is 0 Å². The largest absolute Gasteiger partial charge is 0.399 e. The number of rotatable bonds is 5. The van der Waals surface area contributed by atoms with E-state index in [1.807, 2.05) is 12.1 Å². The van der Waals surface area contributed by atoms with Crippen molar-refractivity contribution in [1.29, 1.82) is 0 Å². The van der Waals surface area contributed by atoms with Crippen LogP contribution in [0.25, 0.3) is 0 Å². The highest BCUT2D eigenvalue weighted by Crippen LogP contribution is 2.30. The fourth-order valence-corrected chi connectivity index (χ4v) is 2.20. The summed E-state index contributed by atoms with van der Waals surface area (Å²) in [6, 6.07) is 6.00. The quantitative estimate of drug-likeness (QED) is 0.360. The van der Waals surface area contributed by atoms with Crippen LogP contribution in [0.5, 0.6) is 0 Å². The smallest absolute Gasteiger partial charge is 0.0967 e. The second-order valence-electron chi connectivity index (χ2n) is 4.10. The molecule has 1 fully saturated rings. The number of ether oxygens (including phenoxy) is 1. The Labute approximate surface area is 95.2 Å². The number of nitrogens with two attached hydrogens (primary N) is 1. The summed E-state index contributed by atoms with van der Waals surface area (Å²) >= 11 is 1.73. The van der Waals surface area contributed by atoms with Crippen molar-refractivity contribution in [2.24, 2.45) is 5.92 Å². The van der Waals surface area contributed by atoms with Crippen molar-refractivity contribution >= 4 is 17.4 Å². The molecule has 1 aromatic carbocycles. The molecule has 0 spiro atoms.